The molecule has 0 aliphatic rings. The van der Waals surface area contributed by atoms with Gasteiger partial charge in [0.2, 0.25) is 0 Å². The van der Waals surface area contributed by atoms with E-state index in [1.807, 2.05) is 6.92 Å². The van der Waals surface area contributed by atoms with Crippen LogP contribution >= 0.6 is 0 Å². The lowest BCUT2D eigenvalue weighted by molar-refractivity contribution is -0.0500. The molecule has 0 aliphatic heterocycles. The predicted molar refractivity (Wildman–Crippen MR) is 151 cm³/mol. The smallest absolute Gasteiger partial charge is 0.374 e. The number of benzene rings is 3. The Morgan fingerprint density at radius 3 is 2.16 bits per heavy atom. The summed E-state index contributed by atoms with van der Waals surface area (Å²) < 4.78 is 132. The predicted octanol–water partition coefficient (Wildman–Crippen LogP) is 6.57. The number of hydrogen-bond donors (Lipinski definition) is 1. The average molecular weight is 664 g/mol. The van der Waals surface area contributed by atoms with Crippen molar-refractivity contribution in [2.24, 2.45) is 0 Å². The Morgan fingerprint density at radius 2 is 1.55 bits per heavy atom. The van der Waals surface area contributed by atoms with Gasteiger partial charge in [0.25, 0.3) is 0 Å². The molecule has 238 valence electrons. The third-order valence-electron chi connectivity index (χ3n) is 6.76. The Hall–Kier alpha value is -3.63. The lowest BCUT2D eigenvalue weighted by Gasteiger charge is -2.15. The maximum Gasteiger partial charge on any atom is 0.534 e. The molecule has 3 aromatic carbocycles. The molecule has 0 fully saturated rings. The molecular weight excluding hydrogens is 636 g/mol. The highest BCUT2D eigenvalue weighted by atomic mass is 32.2. The maximum absolute atomic E-state index is 13.2. The normalized spacial score (nSPS) is 13.0. The molecule has 0 bridgehead atoms. The molecule has 1 aromatic heterocycles. The summed E-state index contributed by atoms with van der Waals surface area (Å²) in [6.07, 6.45) is 1.95. The zero-order valence-corrected chi connectivity index (χ0v) is 25.0. The summed E-state index contributed by atoms with van der Waals surface area (Å²) in [7, 11) is -11.5. The average Bonchev–Trinajstić information content (AvgIpc) is 3.30. The number of aromatic nitrogens is 2. The van der Waals surface area contributed by atoms with E-state index in [0.29, 0.717) is 46.5 Å². The van der Waals surface area contributed by atoms with Crippen LogP contribution in [0.2, 0.25) is 0 Å². The van der Waals surface area contributed by atoms with Crippen molar-refractivity contribution in [3.05, 3.63) is 83.2 Å². The Bertz CT molecular complexity index is 1870. The van der Waals surface area contributed by atoms with Crippen molar-refractivity contribution in [1.29, 1.82) is 0 Å². The Labute approximate surface area is 249 Å². The van der Waals surface area contributed by atoms with Gasteiger partial charge in [0.1, 0.15) is 11.3 Å². The van der Waals surface area contributed by atoms with E-state index in [-0.39, 0.29) is 17.6 Å². The summed E-state index contributed by atoms with van der Waals surface area (Å²) in [6.45, 7) is 3.11. The van der Waals surface area contributed by atoms with Crippen LogP contribution in [0.15, 0.2) is 60.7 Å². The van der Waals surface area contributed by atoms with Crippen molar-refractivity contribution in [1.82, 2.24) is 14.3 Å². The van der Waals surface area contributed by atoms with E-state index in [0.717, 1.165) is 12.5 Å². The number of hydrogen-bond acceptors (Lipinski definition) is 6. The lowest BCUT2D eigenvalue weighted by Crippen LogP contribution is -2.36. The SMILES string of the molecule is CCCCc1nc2c(C)ccc(OS(=O)(=O)C(F)(F)F)c2n1Cc1ccc(-c2ccccc2CNS(=O)(=O)C(F)(F)F)cc1. The first kappa shape index (κ1) is 33.3. The fourth-order valence-corrected chi connectivity index (χ4v) is 5.47. The van der Waals surface area contributed by atoms with E-state index in [1.54, 1.807) is 58.7 Å². The number of alkyl halides is 6. The summed E-state index contributed by atoms with van der Waals surface area (Å²) in [5, 5.41) is 0. The fraction of sp³-hybridized carbons (Fsp3) is 0.321. The van der Waals surface area contributed by atoms with Crippen LogP contribution in [0.1, 0.15) is 42.3 Å². The number of unbranched alkanes of at least 4 members (excludes halogenated alkanes) is 1. The summed E-state index contributed by atoms with van der Waals surface area (Å²) >= 11 is 0. The molecule has 1 N–H and O–H groups in total. The molecule has 44 heavy (non-hydrogen) atoms. The largest absolute Gasteiger partial charge is 0.534 e. The first-order valence-electron chi connectivity index (χ1n) is 13.2. The minimum Gasteiger partial charge on any atom is -0.374 e. The molecule has 4 rings (SSSR count). The summed E-state index contributed by atoms with van der Waals surface area (Å²) in [5.74, 6) is -0.0122. The molecule has 0 atom stereocenters. The van der Waals surface area contributed by atoms with E-state index in [1.165, 1.54) is 12.1 Å². The zero-order chi connectivity index (χ0) is 32.5. The molecule has 4 aromatic rings. The number of nitrogens with zero attached hydrogens (tertiary/aromatic N) is 2. The highest BCUT2D eigenvalue weighted by Crippen LogP contribution is 2.35. The second kappa shape index (κ2) is 12.4. The second-order valence-electron chi connectivity index (χ2n) is 9.90. The Kier molecular flexibility index (Phi) is 9.38. The van der Waals surface area contributed by atoms with Gasteiger partial charge in [-0.15, -0.1) is 0 Å². The number of fused-ring (bicyclic) bond motifs is 1. The van der Waals surface area contributed by atoms with Crippen molar-refractivity contribution in [3.63, 3.8) is 0 Å². The van der Waals surface area contributed by atoms with Gasteiger partial charge < -0.3 is 8.75 Å². The number of imidazole rings is 1. The molecule has 16 heteroatoms. The van der Waals surface area contributed by atoms with Crippen LogP contribution in [0.25, 0.3) is 22.2 Å². The molecule has 8 nitrogen and oxygen atoms in total. The van der Waals surface area contributed by atoms with Gasteiger partial charge in [0.05, 0.1) is 5.52 Å². The summed E-state index contributed by atoms with van der Waals surface area (Å²) in [6, 6.07) is 15.6. The first-order valence-corrected chi connectivity index (χ1v) is 16.1. The van der Waals surface area contributed by atoms with E-state index < -0.39 is 43.5 Å². The third-order valence-corrected chi connectivity index (χ3v) is 8.86. The van der Waals surface area contributed by atoms with E-state index >= 15 is 0 Å². The van der Waals surface area contributed by atoms with Crippen molar-refractivity contribution >= 4 is 31.2 Å². The van der Waals surface area contributed by atoms with Gasteiger partial charge in [0, 0.05) is 19.5 Å². The van der Waals surface area contributed by atoms with Gasteiger partial charge in [-0.3, -0.25) is 0 Å². The minimum atomic E-state index is -5.96. The molecule has 0 saturated carbocycles. The number of aryl methyl sites for hydroxylation is 2. The molecule has 1 heterocycles. The van der Waals surface area contributed by atoms with Crippen LogP contribution < -0.4 is 8.91 Å². The number of rotatable bonds is 11. The quantitative estimate of drug-likeness (QED) is 0.111. The monoisotopic (exact) mass is 663 g/mol. The topological polar surface area (TPSA) is 107 Å². The highest BCUT2D eigenvalue weighted by Gasteiger charge is 2.49. The van der Waals surface area contributed by atoms with Crippen LogP contribution in [0.3, 0.4) is 0 Å². The first-order chi connectivity index (χ1) is 20.4. The fourth-order valence-electron chi connectivity index (χ4n) is 4.49. The number of sulfonamides is 1. The van der Waals surface area contributed by atoms with Crippen LogP contribution in [-0.4, -0.2) is 37.4 Å². The van der Waals surface area contributed by atoms with Crippen molar-refractivity contribution < 1.29 is 47.4 Å². The van der Waals surface area contributed by atoms with E-state index in [4.69, 9.17) is 0 Å². The van der Waals surface area contributed by atoms with E-state index in [9.17, 15) is 43.2 Å². The highest BCUT2D eigenvalue weighted by molar-refractivity contribution is 7.90. The van der Waals surface area contributed by atoms with Crippen molar-refractivity contribution in [2.75, 3.05) is 0 Å². The van der Waals surface area contributed by atoms with Gasteiger partial charge in [-0.25, -0.2) is 18.1 Å². The van der Waals surface area contributed by atoms with Gasteiger partial charge in [0.15, 0.2) is 5.75 Å². The van der Waals surface area contributed by atoms with Gasteiger partial charge in [-0.2, -0.15) is 34.8 Å². The minimum absolute atomic E-state index is 0.0781. The second-order valence-corrected chi connectivity index (χ2v) is 13.2. The van der Waals surface area contributed by atoms with Gasteiger partial charge in [-0.1, -0.05) is 67.9 Å². The molecule has 0 saturated heterocycles. The standard InChI is InChI=1S/C28H27F6N3O5S2/c1-3-4-9-24-36-25-18(2)10-15-23(42-44(40,41)28(32,33)34)26(25)37(24)17-19-11-13-20(14-12-19)22-8-6-5-7-21(22)16-35-43(38,39)27(29,30)31/h5-8,10-15,35H,3-4,9,16-17H2,1-2H3. The van der Waals surface area contributed by atoms with Crippen LogP contribution in [0.4, 0.5) is 26.3 Å². The zero-order valence-electron chi connectivity index (χ0n) is 23.3. The number of nitrogens with one attached hydrogen (secondary N) is 1. The lowest BCUT2D eigenvalue weighted by atomic mass is 9.98. The molecule has 0 unspecified atom stereocenters. The van der Waals surface area contributed by atoms with Crippen molar-refractivity contribution in [2.45, 2.75) is 57.2 Å². The molecule has 0 spiro atoms. The van der Waals surface area contributed by atoms with Crippen LogP contribution in [0.5, 0.6) is 5.75 Å². The summed E-state index contributed by atoms with van der Waals surface area (Å²) in [4.78, 5) is 4.60. The van der Waals surface area contributed by atoms with Crippen LogP contribution in [-0.2, 0) is 39.7 Å². The molecular formula is C28H27F6N3O5S2. The third kappa shape index (κ3) is 7.02. The van der Waals surface area contributed by atoms with E-state index in [2.05, 4.69) is 9.17 Å². The van der Waals surface area contributed by atoms with Crippen molar-refractivity contribution in [3.8, 4) is 16.9 Å². The molecule has 0 aliphatic carbocycles. The maximum atomic E-state index is 13.2. The Balaban J connectivity index is 1.71. The molecule has 0 amide bonds. The molecule has 0 radical (unpaired) electrons. The van der Waals surface area contributed by atoms with Crippen LogP contribution in [0, 0.1) is 6.92 Å². The summed E-state index contributed by atoms with van der Waals surface area (Å²) in [5.41, 5.74) is -8.16. The van der Waals surface area contributed by atoms with Gasteiger partial charge >= 0.3 is 31.2 Å². The Morgan fingerprint density at radius 1 is 0.886 bits per heavy atom. The van der Waals surface area contributed by atoms with Gasteiger partial charge in [-0.05, 0) is 47.2 Å². The number of halogens is 6.